The van der Waals surface area contributed by atoms with Crippen LogP contribution in [0.5, 0.6) is 5.75 Å². The summed E-state index contributed by atoms with van der Waals surface area (Å²) in [6.07, 6.45) is 1.76. The number of fused-ring (bicyclic) bond motifs is 1. The van der Waals surface area contributed by atoms with E-state index in [0.29, 0.717) is 24.5 Å². The van der Waals surface area contributed by atoms with Crippen LogP contribution >= 0.6 is 0 Å². The number of amides is 1. The summed E-state index contributed by atoms with van der Waals surface area (Å²) in [5, 5.41) is 3.62. The van der Waals surface area contributed by atoms with Gasteiger partial charge < -0.3 is 19.2 Å². The van der Waals surface area contributed by atoms with Gasteiger partial charge in [-0.2, -0.15) is 0 Å². The Bertz CT molecular complexity index is 722. The lowest BCUT2D eigenvalue weighted by atomic mass is 10.1. The van der Waals surface area contributed by atoms with Crippen LogP contribution in [0.25, 0.3) is 11.0 Å². The molecule has 0 bridgehead atoms. The van der Waals surface area contributed by atoms with E-state index in [9.17, 15) is 9.59 Å². The fraction of sp³-hybridized carbons (Fsp3) is 0.412. The van der Waals surface area contributed by atoms with Gasteiger partial charge in [-0.15, -0.1) is 0 Å². The van der Waals surface area contributed by atoms with E-state index in [4.69, 9.17) is 13.9 Å². The Morgan fingerprint density at radius 2 is 2.09 bits per heavy atom. The zero-order valence-electron chi connectivity index (χ0n) is 13.4. The number of carbonyl (C=O) groups excluding carboxylic acids is 1. The lowest BCUT2D eigenvalue weighted by Gasteiger charge is -2.08. The third kappa shape index (κ3) is 5.10. The Labute approximate surface area is 134 Å². The Hall–Kier alpha value is -2.34. The minimum atomic E-state index is -0.402. The molecule has 1 amide bonds. The molecular formula is C17H21NO5. The van der Waals surface area contributed by atoms with Gasteiger partial charge in [-0.25, -0.2) is 4.79 Å². The molecule has 0 unspecified atom stereocenters. The van der Waals surface area contributed by atoms with E-state index in [1.807, 2.05) is 13.0 Å². The van der Waals surface area contributed by atoms with Crippen molar-refractivity contribution in [2.45, 2.75) is 19.8 Å². The number of unbranched alkanes of at least 4 members (excludes halogenated alkanes) is 1. The number of hydrogen-bond donors (Lipinski definition) is 1. The maximum absolute atomic E-state index is 11.7. The molecule has 6 heteroatoms. The molecule has 1 heterocycles. The second kappa shape index (κ2) is 8.33. The summed E-state index contributed by atoms with van der Waals surface area (Å²) in [5.74, 6) is 0.300. The monoisotopic (exact) mass is 319 g/mol. The van der Waals surface area contributed by atoms with Crippen molar-refractivity contribution in [2.24, 2.45) is 0 Å². The molecule has 1 N–H and O–H groups in total. The second-order valence-corrected chi connectivity index (χ2v) is 5.24. The molecule has 124 valence electrons. The summed E-state index contributed by atoms with van der Waals surface area (Å²) < 4.78 is 15.5. The van der Waals surface area contributed by atoms with Crippen LogP contribution in [0.4, 0.5) is 0 Å². The fourth-order valence-electron chi connectivity index (χ4n) is 2.19. The summed E-state index contributed by atoms with van der Waals surface area (Å²) in [5.41, 5.74) is 0.894. The molecule has 2 aromatic rings. The van der Waals surface area contributed by atoms with E-state index < -0.39 is 5.63 Å². The van der Waals surface area contributed by atoms with Crippen molar-refractivity contribution in [3.8, 4) is 5.75 Å². The first-order valence-electron chi connectivity index (χ1n) is 7.53. The van der Waals surface area contributed by atoms with Crippen LogP contribution in [0.1, 0.15) is 18.4 Å². The van der Waals surface area contributed by atoms with Gasteiger partial charge in [-0.1, -0.05) is 0 Å². The molecule has 0 aliphatic carbocycles. The van der Waals surface area contributed by atoms with Crippen LogP contribution < -0.4 is 15.7 Å². The quantitative estimate of drug-likeness (QED) is 0.595. The Kier molecular flexibility index (Phi) is 6.17. The second-order valence-electron chi connectivity index (χ2n) is 5.24. The van der Waals surface area contributed by atoms with Crippen LogP contribution in [-0.2, 0) is 9.53 Å². The molecule has 0 fully saturated rings. The van der Waals surface area contributed by atoms with E-state index >= 15 is 0 Å². The molecule has 0 saturated carbocycles. The van der Waals surface area contributed by atoms with E-state index in [2.05, 4.69) is 5.32 Å². The van der Waals surface area contributed by atoms with Gasteiger partial charge in [0.25, 0.3) is 5.91 Å². The molecule has 1 aromatic heterocycles. The molecule has 0 radical (unpaired) electrons. The number of aryl methyl sites for hydroxylation is 1. The van der Waals surface area contributed by atoms with Crippen molar-refractivity contribution in [2.75, 3.05) is 26.9 Å². The highest BCUT2D eigenvalue weighted by molar-refractivity contribution is 5.81. The lowest BCUT2D eigenvalue weighted by Crippen LogP contribution is -2.29. The Morgan fingerprint density at radius 3 is 2.87 bits per heavy atom. The van der Waals surface area contributed by atoms with Gasteiger partial charge >= 0.3 is 5.63 Å². The maximum atomic E-state index is 11.7. The first kappa shape index (κ1) is 17.0. The summed E-state index contributed by atoms with van der Waals surface area (Å²) in [6.45, 7) is 3.05. The third-order valence-electron chi connectivity index (χ3n) is 3.39. The molecule has 23 heavy (non-hydrogen) atoms. The average molecular weight is 319 g/mol. The van der Waals surface area contributed by atoms with Gasteiger partial charge in [0.2, 0.25) is 0 Å². The van der Waals surface area contributed by atoms with Crippen molar-refractivity contribution in [1.82, 2.24) is 5.32 Å². The molecule has 2 rings (SSSR count). The van der Waals surface area contributed by atoms with Gasteiger partial charge in [0.15, 0.2) is 6.61 Å². The number of methoxy groups -OCH3 is 1. The first-order valence-corrected chi connectivity index (χ1v) is 7.53. The average Bonchev–Trinajstić information content (AvgIpc) is 2.52. The predicted octanol–water partition coefficient (Wildman–Crippen LogP) is 2.02. The SMILES string of the molecule is COCCCCNC(=O)COc1ccc2c(C)cc(=O)oc2c1. The largest absolute Gasteiger partial charge is 0.484 e. The third-order valence-corrected chi connectivity index (χ3v) is 3.39. The first-order chi connectivity index (χ1) is 11.1. The number of benzene rings is 1. The minimum absolute atomic E-state index is 0.0775. The summed E-state index contributed by atoms with van der Waals surface area (Å²) in [4.78, 5) is 23.1. The Morgan fingerprint density at radius 1 is 1.26 bits per heavy atom. The van der Waals surface area contributed by atoms with Gasteiger partial charge in [-0.3, -0.25) is 4.79 Å². The fourth-order valence-corrected chi connectivity index (χ4v) is 2.19. The molecule has 0 aliphatic rings. The standard InChI is InChI=1S/C17H21NO5/c1-12-9-17(20)23-15-10-13(5-6-14(12)15)22-11-16(19)18-7-3-4-8-21-2/h5-6,9-10H,3-4,7-8,11H2,1-2H3,(H,18,19). The van der Waals surface area contributed by atoms with E-state index in [1.165, 1.54) is 6.07 Å². The molecule has 0 aliphatic heterocycles. The molecule has 6 nitrogen and oxygen atoms in total. The van der Waals surface area contributed by atoms with Crippen LogP contribution in [0.15, 0.2) is 33.5 Å². The van der Waals surface area contributed by atoms with Crippen molar-refractivity contribution in [3.63, 3.8) is 0 Å². The van der Waals surface area contributed by atoms with Crippen LogP contribution in [0.2, 0.25) is 0 Å². The Balaban J connectivity index is 1.87. The van der Waals surface area contributed by atoms with E-state index in [0.717, 1.165) is 23.8 Å². The highest BCUT2D eigenvalue weighted by atomic mass is 16.5. The normalized spacial score (nSPS) is 10.7. The maximum Gasteiger partial charge on any atom is 0.336 e. The van der Waals surface area contributed by atoms with Gasteiger partial charge in [0, 0.05) is 37.8 Å². The van der Waals surface area contributed by atoms with Crippen molar-refractivity contribution in [3.05, 3.63) is 40.2 Å². The highest BCUT2D eigenvalue weighted by Gasteiger charge is 2.06. The lowest BCUT2D eigenvalue weighted by molar-refractivity contribution is -0.123. The van der Waals surface area contributed by atoms with Gasteiger partial charge in [-0.05, 0) is 37.5 Å². The highest BCUT2D eigenvalue weighted by Crippen LogP contribution is 2.22. The number of carbonyl (C=O) groups is 1. The minimum Gasteiger partial charge on any atom is -0.484 e. The summed E-state index contributed by atoms with van der Waals surface area (Å²) in [7, 11) is 1.65. The van der Waals surface area contributed by atoms with Crippen molar-refractivity contribution >= 4 is 16.9 Å². The number of nitrogens with one attached hydrogen (secondary N) is 1. The number of hydrogen-bond acceptors (Lipinski definition) is 5. The van der Waals surface area contributed by atoms with Crippen LogP contribution in [-0.4, -0.2) is 32.8 Å². The molecular weight excluding hydrogens is 298 g/mol. The van der Waals surface area contributed by atoms with Crippen LogP contribution in [0.3, 0.4) is 0 Å². The van der Waals surface area contributed by atoms with Crippen molar-refractivity contribution < 1.29 is 18.7 Å². The molecule has 0 atom stereocenters. The predicted molar refractivity (Wildman–Crippen MR) is 86.8 cm³/mol. The number of rotatable bonds is 8. The van der Waals surface area contributed by atoms with Crippen LogP contribution in [0, 0.1) is 6.92 Å². The van der Waals surface area contributed by atoms with Gasteiger partial charge in [0.1, 0.15) is 11.3 Å². The molecule has 0 spiro atoms. The van der Waals surface area contributed by atoms with Gasteiger partial charge in [0.05, 0.1) is 0 Å². The van der Waals surface area contributed by atoms with Crippen molar-refractivity contribution in [1.29, 1.82) is 0 Å². The summed E-state index contributed by atoms with van der Waals surface area (Å²) in [6, 6.07) is 6.63. The zero-order valence-corrected chi connectivity index (χ0v) is 13.4. The number of ether oxygens (including phenoxy) is 2. The smallest absolute Gasteiger partial charge is 0.336 e. The summed E-state index contributed by atoms with van der Waals surface area (Å²) >= 11 is 0. The topological polar surface area (TPSA) is 77.8 Å². The molecule has 0 saturated heterocycles. The zero-order chi connectivity index (χ0) is 16.7. The van der Waals surface area contributed by atoms with E-state index in [-0.39, 0.29) is 12.5 Å². The molecule has 1 aromatic carbocycles. The van der Waals surface area contributed by atoms with E-state index in [1.54, 1.807) is 19.2 Å².